The molecule has 1 rings (SSSR count). The van der Waals surface area contributed by atoms with E-state index in [1.165, 1.54) is 12.0 Å². The lowest BCUT2D eigenvalue weighted by Gasteiger charge is -2.24. The van der Waals surface area contributed by atoms with E-state index in [2.05, 4.69) is 0 Å². The number of ether oxygens (including phenoxy) is 1. The molecule has 0 saturated carbocycles. The minimum absolute atomic E-state index is 0.0379. The van der Waals surface area contributed by atoms with Gasteiger partial charge in [-0.2, -0.15) is 0 Å². The Balaban J connectivity index is 2.66. The Labute approximate surface area is 124 Å². The lowest BCUT2D eigenvalue weighted by atomic mass is 10.1. The summed E-state index contributed by atoms with van der Waals surface area (Å²) in [6.45, 7) is 5.15. The van der Waals surface area contributed by atoms with Gasteiger partial charge in [0.15, 0.2) is 0 Å². The number of carboxylic acids is 1. The molecule has 0 aromatic heterocycles. The van der Waals surface area contributed by atoms with Crippen molar-refractivity contribution in [3.63, 3.8) is 0 Å². The average Bonchev–Trinajstić information content (AvgIpc) is 2.74. The Hall–Kier alpha value is -1.63. The van der Waals surface area contributed by atoms with Crippen molar-refractivity contribution < 1.29 is 24.2 Å². The molecule has 7 heteroatoms. The lowest BCUT2D eigenvalue weighted by molar-refractivity contribution is -0.146. The first-order chi connectivity index (χ1) is 9.85. The van der Waals surface area contributed by atoms with E-state index in [1.54, 1.807) is 4.90 Å². The monoisotopic (exact) mass is 300 g/mol. The second kappa shape index (κ2) is 7.97. The van der Waals surface area contributed by atoms with Crippen LogP contribution in [0.3, 0.4) is 0 Å². The van der Waals surface area contributed by atoms with Crippen molar-refractivity contribution in [2.45, 2.75) is 20.3 Å². The largest absolute Gasteiger partial charge is 0.480 e. The van der Waals surface area contributed by atoms with Gasteiger partial charge in [-0.15, -0.1) is 0 Å². The Morgan fingerprint density at radius 1 is 1.48 bits per heavy atom. The van der Waals surface area contributed by atoms with Crippen molar-refractivity contribution in [3.05, 3.63) is 0 Å². The van der Waals surface area contributed by atoms with Gasteiger partial charge in [0.25, 0.3) is 0 Å². The SMILES string of the molecule is COCCN(CC(=O)O)C(=O)C1CC(=O)N(CC(C)C)C1. The number of hydrogen-bond acceptors (Lipinski definition) is 4. The van der Waals surface area contributed by atoms with Crippen LogP contribution in [-0.4, -0.2) is 72.6 Å². The summed E-state index contributed by atoms with van der Waals surface area (Å²) >= 11 is 0. The molecule has 120 valence electrons. The molecule has 1 aliphatic heterocycles. The highest BCUT2D eigenvalue weighted by Crippen LogP contribution is 2.21. The van der Waals surface area contributed by atoms with Crippen LogP contribution in [0.1, 0.15) is 20.3 Å². The van der Waals surface area contributed by atoms with Crippen LogP contribution < -0.4 is 0 Å². The molecule has 1 heterocycles. The minimum atomic E-state index is -1.07. The molecule has 0 aromatic rings. The maximum absolute atomic E-state index is 12.4. The predicted octanol–water partition coefficient (Wildman–Crippen LogP) is 0.0505. The molecule has 0 aliphatic carbocycles. The fourth-order valence-electron chi connectivity index (χ4n) is 2.44. The number of hydrogen-bond donors (Lipinski definition) is 1. The molecule has 1 fully saturated rings. The van der Waals surface area contributed by atoms with Gasteiger partial charge in [-0.05, 0) is 5.92 Å². The third-order valence-electron chi connectivity index (χ3n) is 3.35. The highest BCUT2D eigenvalue weighted by Gasteiger charge is 2.36. The predicted molar refractivity (Wildman–Crippen MR) is 75.6 cm³/mol. The van der Waals surface area contributed by atoms with Crippen LogP contribution in [0, 0.1) is 11.8 Å². The maximum atomic E-state index is 12.4. The molecule has 0 spiro atoms. The molecule has 1 N–H and O–H groups in total. The van der Waals surface area contributed by atoms with Crippen molar-refractivity contribution in [2.24, 2.45) is 11.8 Å². The fourth-order valence-corrected chi connectivity index (χ4v) is 2.44. The van der Waals surface area contributed by atoms with Gasteiger partial charge < -0.3 is 19.6 Å². The number of aliphatic carboxylic acids is 1. The highest BCUT2D eigenvalue weighted by molar-refractivity contribution is 5.90. The van der Waals surface area contributed by atoms with Gasteiger partial charge in [-0.3, -0.25) is 14.4 Å². The van der Waals surface area contributed by atoms with E-state index in [9.17, 15) is 14.4 Å². The number of carboxylic acid groups (broad SMARTS) is 1. The molecular formula is C14H24N2O5. The first-order valence-electron chi connectivity index (χ1n) is 7.12. The molecule has 21 heavy (non-hydrogen) atoms. The Morgan fingerprint density at radius 2 is 2.14 bits per heavy atom. The van der Waals surface area contributed by atoms with Crippen molar-refractivity contribution in [1.82, 2.24) is 9.80 Å². The van der Waals surface area contributed by atoms with E-state index in [1.807, 2.05) is 13.8 Å². The minimum Gasteiger partial charge on any atom is -0.480 e. The second-order valence-electron chi connectivity index (χ2n) is 5.74. The lowest BCUT2D eigenvalue weighted by Crippen LogP contribution is -2.42. The van der Waals surface area contributed by atoms with Crippen LogP contribution in [0.4, 0.5) is 0 Å². The van der Waals surface area contributed by atoms with Crippen LogP contribution in [0.15, 0.2) is 0 Å². The molecule has 0 aromatic carbocycles. The average molecular weight is 300 g/mol. The van der Waals surface area contributed by atoms with Crippen molar-refractivity contribution in [1.29, 1.82) is 0 Å². The van der Waals surface area contributed by atoms with Gasteiger partial charge in [-0.25, -0.2) is 0 Å². The summed E-state index contributed by atoms with van der Waals surface area (Å²) < 4.78 is 4.90. The number of nitrogens with zero attached hydrogens (tertiary/aromatic N) is 2. The molecule has 1 atom stereocenters. The van der Waals surface area contributed by atoms with Gasteiger partial charge in [0, 0.05) is 33.2 Å². The molecular weight excluding hydrogens is 276 g/mol. The smallest absolute Gasteiger partial charge is 0.323 e. The zero-order valence-electron chi connectivity index (χ0n) is 12.9. The maximum Gasteiger partial charge on any atom is 0.323 e. The summed E-state index contributed by atoms with van der Waals surface area (Å²) in [6, 6.07) is 0. The van der Waals surface area contributed by atoms with Crippen LogP contribution in [-0.2, 0) is 19.1 Å². The van der Waals surface area contributed by atoms with Crippen LogP contribution >= 0.6 is 0 Å². The molecule has 1 unspecified atom stereocenters. The summed E-state index contributed by atoms with van der Waals surface area (Å²) in [6.07, 6.45) is 0.161. The summed E-state index contributed by atoms with van der Waals surface area (Å²) in [5, 5.41) is 8.89. The molecule has 0 radical (unpaired) electrons. The highest BCUT2D eigenvalue weighted by atomic mass is 16.5. The van der Waals surface area contributed by atoms with Crippen LogP contribution in [0.5, 0.6) is 0 Å². The molecule has 7 nitrogen and oxygen atoms in total. The summed E-state index contributed by atoms with van der Waals surface area (Å²) in [5.41, 5.74) is 0. The van der Waals surface area contributed by atoms with Gasteiger partial charge >= 0.3 is 5.97 Å². The van der Waals surface area contributed by atoms with Crippen molar-refractivity contribution in [3.8, 4) is 0 Å². The molecule has 0 bridgehead atoms. The summed E-state index contributed by atoms with van der Waals surface area (Å²) in [7, 11) is 1.49. The topological polar surface area (TPSA) is 87.1 Å². The zero-order valence-corrected chi connectivity index (χ0v) is 12.9. The first kappa shape index (κ1) is 17.4. The summed E-state index contributed by atoms with van der Waals surface area (Å²) in [5.74, 6) is -1.50. The number of rotatable bonds is 8. The Bertz CT molecular complexity index is 397. The molecule has 2 amide bonds. The van der Waals surface area contributed by atoms with Crippen molar-refractivity contribution in [2.75, 3.05) is 39.9 Å². The van der Waals surface area contributed by atoms with E-state index in [-0.39, 0.29) is 37.9 Å². The Kier molecular flexibility index (Phi) is 6.61. The number of carbonyl (C=O) groups excluding carboxylic acids is 2. The number of methoxy groups -OCH3 is 1. The van der Waals surface area contributed by atoms with Gasteiger partial charge in [-0.1, -0.05) is 13.8 Å². The van der Waals surface area contributed by atoms with Gasteiger partial charge in [0.05, 0.1) is 12.5 Å². The third kappa shape index (κ3) is 5.34. The summed E-state index contributed by atoms with van der Waals surface area (Å²) in [4.78, 5) is 38.1. The molecule has 1 saturated heterocycles. The van der Waals surface area contributed by atoms with E-state index >= 15 is 0 Å². The van der Waals surface area contributed by atoms with E-state index in [0.29, 0.717) is 19.0 Å². The standard InChI is InChI=1S/C14H24N2O5/c1-10(2)7-16-8-11(6-12(16)17)14(20)15(4-5-21-3)9-13(18)19/h10-11H,4-9H2,1-3H3,(H,18,19). The van der Waals surface area contributed by atoms with E-state index in [4.69, 9.17) is 9.84 Å². The quantitative estimate of drug-likeness (QED) is 0.684. The number of carbonyl (C=O) groups is 3. The van der Waals surface area contributed by atoms with Crippen molar-refractivity contribution >= 4 is 17.8 Å². The normalized spacial score (nSPS) is 18.4. The zero-order chi connectivity index (χ0) is 16.0. The van der Waals surface area contributed by atoms with Gasteiger partial charge in [0.1, 0.15) is 6.54 Å². The number of amides is 2. The Morgan fingerprint density at radius 3 is 2.67 bits per heavy atom. The molecule has 1 aliphatic rings. The van der Waals surface area contributed by atoms with Crippen LogP contribution in [0.2, 0.25) is 0 Å². The fraction of sp³-hybridized carbons (Fsp3) is 0.786. The second-order valence-corrected chi connectivity index (χ2v) is 5.74. The first-order valence-corrected chi connectivity index (χ1v) is 7.12. The number of likely N-dealkylation sites (tertiary alicyclic amines) is 1. The van der Waals surface area contributed by atoms with Gasteiger partial charge in [0.2, 0.25) is 11.8 Å². The van der Waals surface area contributed by atoms with E-state index < -0.39 is 11.9 Å². The van der Waals surface area contributed by atoms with Crippen LogP contribution in [0.25, 0.3) is 0 Å². The van der Waals surface area contributed by atoms with E-state index in [0.717, 1.165) is 0 Å². The third-order valence-corrected chi connectivity index (χ3v) is 3.35.